The number of unbranched alkanes of at least 4 members (excludes halogenated alkanes) is 1. The van der Waals surface area contributed by atoms with E-state index in [1.807, 2.05) is 6.20 Å². The fraction of sp³-hybridized carbons (Fsp3) is 0.667. The second kappa shape index (κ2) is 7.73. The largest absolute Gasteiger partial charge is 0.469 e. The van der Waals surface area contributed by atoms with Gasteiger partial charge in [-0.05, 0) is 41.6 Å². The molecule has 1 aliphatic heterocycles. The molecular weight excluding hydrogens is 334 g/mol. The molecule has 0 atom stereocenters. The molecule has 5 nitrogen and oxygen atoms in total. The van der Waals surface area contributed by atoms with Gasteiger partial charge in [-0.1, -0.05) is 13.3 Å². The molecule has 0 unspecified atom stereocenters. The molecule has 0 amide bonds. The Morgan fingerprint density at radius 1 is 1.48 bits per heavy atom. The number of esters is 1. The third-order valence-corrected chi connectivity index (χ3v) is 4.44. The highest BCUT2D eigenvalue weighted by Gasteiger charge is 2.27. The third-order valence-electron chi connectivity index (χ3n) is 3.88. The summed E-state index contributed by atoms with van der Waals surface area (Å²) in [7, 11) is 1.45. The molecule has 1 saturated heterocycles. The first kappa shape index (κ1) is 16.2. The molecule has 0 aromatic carbocycles. The molecule has 1 aliphatic rings. The predicted octanol–water partition coefficient (Wildman–Crippen LogP) is 2.97. The fourth-order valence-corrected chi connectivity index (χ4v) is 3.01. The van der Waals surface area contributed by atoms with Crippen molar-refractivity contribution in [3.05, 3.63) is 16.5 Å². The van der Waals surface area contributed by atoms with Crippen LogP contribution < -0.4 is 4.90 Å². The van der Waals surface area contributed by atoms with E-state index in [0.29, 0.717) is 0 Å². The van der Waals surface area contributed by atoms with Crippen molar-refractivity contribution >= 4 is 27.7 Å². The summed E-state index contributed by atoms with van der Waals surface area (Å²) >= 11 is 3.48. The molecular formula is C15H22BrN3O2. The number of aryl methyl sites for hydroxylation is 1. The lowest BCUT2D eigenvalue weighted by Crippen LogP contribution is -2.37. The van der Waals surface area contributed by atoms with Crippen molar-refractivity contribution in [1.82, 2.24) is 9.97 Å². The van der Waals surface area contributed by atoms with E-state index in [4.69, 9.17) is 9.72 Å². The number of carbonyl (C=O) groups excluding carboxylic acids is 1. The third kappa shape index (κ3) is 4.15. The molecule has 2 rings (SSSR count). The fourth-order valence-electron chi connectivity index (χ4n) is 2.57. The molecule has 6 heteroatoms. The summed E-state index contributed by atoms with van der Waals surface area (Å²) in [6.07, 6.45) is 6.69. The normalized spacial score (nSPS) is 16.0. The van der Waals surface area contributed by atoms with E-state index >= 15 is 0 Å². The highest BCUT2D eigenvalue weighted by molar-refractivity contribution is 9.10. The maximum atomic E-state index is 11.6. The number of hydrogen-bond acceptors (Lipinski definition) is 5. The molecule has 0 saturated carbocycles. The van der Waals surface area contributed by atoms with Gasteiger partial charge < -0.3 is 9.64 Å². The van der Waals surface area contributed by atoms with Crippen LogP contribution in [0.25, 0.3) is 0 Å². The number of piperidine rings is 1. The number of rotatable bonds is 5. The first-order chi connectivity index (χ1) is 10.2. The van der Waals surface area contributed by atoms with Crippen LogP contribution >= 0.6 is 15.9 Å². The molecule has 0 radical (unpaired) electrons. The van der Waals surface area contributed by atoms with E-state index in [2.05, 4.69) is 32.7 Å². The minimum Gasteiger partial charge on any atom is -0.469 e. The van der Waals surface area contributed by atoms with Crippen LogP contribution in [0.4, 0.5) is 5.82 Å². The zero-order chi connectivity index (χ0) is 15.2. The Morgan fingerprint density at radius 2 is 2.19 bits per heavy atom. The monoisotopic (exact) mass is 355 g/mol. The lowest BCUT2D eigenvalue weighted by molar-refractivity contribution is -0.146. The molecule has 1 aromatic rings. The van der Waals surface area contributed by atoms with Gasteiger partial charge in [0.15, 0.2) is 5.82 Å². The average molecular weight is 356 g/mol. The first-order valence-corrected chi connectivity index (χ1v) is 8.29. The highest BCUT2D eigenvalue weighted by atomic mass is 79.9. The second-order valence-electron chi connectivity index (χ2n) is 5.36. The Kier molecular flexibility index (Phi) is 5.96. The van der Waals surface area contributed by atoms with Gasteiger partial charge in [-0.15, -0.1) is 0 Å². The zero-order valence-electron chi connectivity index (χ0n) is 12.6. The molecule has 0 bridgehead atoms. The second-order valence-corrected chi connectivity index (χ2v) is 6.11. The Balaban J connectivity index is 2.03. The van der Waals surface area contributed by atoms with Gasteiger partial charge in [-0.2, -0.15) is 0 Å². The Labute approximate surface area is 134 Å². The minimum absolute atomic E-state index is 0.0151. The van der Waals surface area contributed by atoms with Crippen molar-refractivity contribution in [2.45, 2.75) is 39.0 Å². The van der Waals surface area contributed by atoms with E-state index < -0.39 is 0 Å². The van der Waals surface area contributed by atoms with Crippen molar-refractivity contribution in [2.24, 2.45) is 5.92 Å². The number of methoxy groups -OCH3 is 1. The molecule has 0 N–H and O–H groups in total. The Hall–Kier alpha value is -1.17. The van der Waals surface area contributed by atoms with E-state index in [1.54, 1.807) is 0 Å². The van der Waals surface area contributed by atoms with Crippen LogP contribution in [0.5, 0.6) is 0 Å². The van der Waals surface area contributed by atoms with Gasteiger partial charge >= 0.3 is 5.97 Å². The lowest BCUT2D eigenvalue weighted by atomic mass is 9.97. The van der Waals surface area contributed by atoms with Crippen LogP contribution in [0, 0.1) is 5.92 Å². The van der Waals surface area contributed by atoms with Crippen LogP contribution in [-0.2, 0) is 16.0 Å². The van der Waals surface area contributed by atoms with Gasteiger partial charge in [0, 0.05) is 19.3 Å². The summed E-state index contributed by atoms with van der Waals surface area (Å²) in [6.45, 7) is 3.79. The summed E-state index contributed by atoms with van der Waals surface area (Å²) in [5.41, 5.74) is 1.03. The smallest absolute Gasteiger partial charge is 0.308 e. The van der Waals surface area contributed by atoms with Crippen molar-refractivity contribution in [2.75, 3.05) is 25.1 Å². The van der Waals surface area contributed by atoms with Gasteiger partial charge in [0.2, 0.25) is 0 Å². The number of anilines is 1. The van der Waals surface area contributed by atoms with E-state index in [-0.39, 0.29) is 11.9 Å². The molecule has 21 heavy (non-hydrogen) atoms. The number of aromatic nitrogens is 2. The molecule has 116 valence electrons. The topological polar surface area (TPSA) is 55.3 Å². The molecule has 1 aromatic heterocycles. The molecule has 2 heterocycles. The summed E-state index contributed by atoms with van der Waals surface area (Å²) in [5.74, 6) is 0.810. The van der Waals surface area contributed by atoms with Crippen LogP contribution in [0.3, 0.4) is 0 Å². The summed E-state index contributed by atoms with van der Waals surface area (Å²) in [4.78, 5) is 22.9. The molecule has 1 fully saturated rings. The van der Waals surface area contributed by atoms with Gasteiger partial charge in [0.1, 0.15) is 4.60 Å². The average Bonchev–Trinajstić information content (AvgIpc) is 2.53. The standard InChI is InChI=1S/C15H22BrN3O2/c1-3-4-5-12-10-17-13(16)14(18-12)19-8-6-11(7-9-19)15(20)21-2/h10-11H,3-9H2,1-2H3. The van der Waals surface area contributed by atoms with Crippen LogP contribution in [-0.4, -0.2) is 36.1 Å². The van der Waals surface area contributed by atoms with Crippen LogP contribution in [0.2, 0.25) is 0 Å². The van der Waals surface area contributed by atoms with E-state index in [0.717, 1.165) is 61.3 Å². The Morgan fingerprint density at radius 3 is 2.81 bits per heavy atom. The summed E-state index contributed by atoms with van der Waals surface area (Å²) in [5, 5.41) is 0. The maximum absolute atomic E-state index is 11.6. The van der Waals surface area contributed by atoms with Gasteiger partial charge in [0.25, 0.3) is 0 Å². The predicted molar refractivity (Wildman–Crippen MR) is 85.3 cm³/mol. The molecule has 0 spiro atoms. The van der Waals surface area contributed by atoms with Crippen molar-refractivity contribution in [3.63, 3.8) is 0 Å². The van der Waals surface area contributed by atoms with Crippen molar-refractivity contribution in [3.8, 4) is 0 Å². The molecule has 0 aliphatic carbocycles. The number of halogens is 1. The summed E-state index contributed by atoms with van der Waals surface area (Å²) in [6, 6.07) is 0. The highest BCUT2D eigenvalue weighted by Crippen LogP contribution is 2.27. The van der Waals surface area contributed by atoms with E-state index in [9.17, 15) is 4.79 Å². The minimum atomic E-state index is -0.100. The van der Waals surface area contributed by atoms with Gasteiger partial charge in [-0.3, -0.25) is 4.79 Å². The number of nitrogens with zero attached hydrogens (tertiary/aromatic N) is 3. The van der Waals surface area contributed by atoms with Crippen LogP contribution in [0.1, 0.15) is 38.3 Å². The number of ether oxygens (including phenoxy) is 1. The SMILES string of the molecule is CCCCc1cnc(Br)c(N2CCC(C(=O)OC)CC2)n1. The van der Waals surface area contributed by atoms with Crippen molar-refractivity contribution < 1.29 is 9.53 Å². The first-order valence-electron chi connectivity index (χ1n) is 7.50. The van der Waals surface area contributed by atoms with Gasteiger partial charge in [0.05, 0.1) is 18.7 Å². The number of hydrogen-bond donors (Lipinski definition) is 0. The lowest BCUT2D eigenvalue weighted by Gasteiger charge is -2.32. The Bertz CT molecular complexity index is 488. The van der Waals surface area contributed by atoms with Crippen molar-refractivity contribution in [1.29, 1.82) is 0 Å². The van der Waals surface area contributed by atoms with E-state index in [1.165, 1.54) is 7.11 Å². The van der Waals surface area contributed by atoms with Crippen LogP contribution in [0.15, 0.2) is 10.8 Å². The summed E-state index contributed by atoms with van der Waals surface area (Å²) < 4.78 is 5.60. The quantitative estimate of drug-likeness (QED) is 0.760. The number of carbonyl (C=O) groups is 1. The zero-order valence-corrected chi connectivity index (χ0v) is 14.2. The maximum Gasteiger partial charge on any atom is 0.308 e. The van der Waals surface area contributed by atoms with Gasteiger partial charge in [-0.25, -0.2) is 9.97 Å².